The number of hydrogen-bond donors (Lipinski definition) is 11. The van der Waals surface area contributed by atoms with Crippen LogP contribution in [-0.2, 0) is 18.5 Å². The van der Waals surface area contributed by atoms with Crippen molar-refractivity contribution in [2.45, 2.75) is 18.5 Å². The van der Waals surface area contributed by atoms with E-state index in [1.165, 1.54) is 36.4 Å². The van der Waals surface area contributed by atoms with Gasteiger partial charge in [0.15, 0.2) is 0 Å². The summed E-state index contributed by atoms with van der Waals surface area (Å²) in [5.41, 5.74) is 7.63. The number of rotatable bonds is 9. The van der Waals surface area contributed by atoms with Crippen LogP contribution in [0.15, 0.2) is 223 Å². The highest BCUT2D eigenvalue weighted by Crippen LogP contribution is 2.34. The number of halogens is 10. The number of nitrogens with zero attached hydrogens (tertiary/aromatic N) is 3. The molecular formula is C63H47BBrF9N12O5. The highest BCUT2D eigenvalue weighted by Gasteiger charge is 2.32. The molecule has 462 valence electrons. The summed E-state index contributed by atoms with van der Waals surface area (Å²) in [7, 11) is -1.34. The molecule has 0 atom stereocenters. The quantitative estimate of drug-likeness (QED) is 0.0376. The third-order valence-corrected chi connectivity index (χ3v) is 13.4. The van der Waals surface area contributed by atoms with E-state index in [0.717, 1.165) is 75.5 Å². The first-order valence-corrected chi connectivity index (χ1v) is 27.6. The molecule has 12 aromatic rings. The lowest BCUT2D eigenvalue weighted by atomic mass is 9.81. The molecule has 0 bridgehead atoms. The second-order valence-corrected chi connectivity index (χ2v) is 20.1. The van der Waals surface area contributed by atoms with Gasteiger partial charge in [0.05, 0.1) is 61.7 Å². The van der Waals surface area contributed by atoms with Gasteiger partial charge in [-0.25, -0.2) is 29.3 Å². The van der Waals surface area contributed by atoms with Crippen LogP contribution in [0, 0.1) is 0 Å². The van der Waals surface area contributed by atoms with Gasteiger partial charge >= 0.3 is 43.7 Å². The summed E-state index contributed by atoms with van der Waals surface area (Å²) in [6.45, 7) is 0. The average molecular weight is 1310 g/mol. The number of nitrogens with one attached hydrogen (secondary N) is 9. The molecule has 0 fully saturated rings. The molecule has 6 aromatic heterocycles. The second kappa shape index (κ2) is 28.5. The Morgan fingerprint density at radius 2 is 0.670 bits per heavy atom. The third kappa shape index (κ3) is 17.6. The summed E-state index contributed by atoms with van der Waals surface area (Å²) >= 11 is 3.25. The number of anilines is 6. The van der Waals surface area contributed by atoms with Gasteiger partial charge in [0.2, 0.25) is 0 Å². The van der Waals surface area contributed by atoms with Crippen LogP contribution < -0.4 is 37.4 Å². The average Bonchev–Trinajstić information content (AvgIpc) is 2.95. The Morgan fingerprint density at radius 1 is 0.374 bits per heavy atom. The van der Waals surface area contributed by atoms with Crippen molar-refractivity contribution in [1.82, 2.24) is 29.9 Å². The maximum Gasteiger partial charge on any atom is 0.488 e. The maximum absolute atomic E-state index is 12.6. The van der Waals surface area contributed by atoms with E-state index in [9.17, 15) is 53.9 Å². The van der Waals surface area contributed by atoms with E-state index >= 15 is 0 Å². The monoisotopic (exact) mass is 1310 g/mol. The zero-order valence-corrected chi connectivity index (χ0v) is 48.2. The van der Waals surface area contributed by atoms with Crippen molar-refractivity contribution in [1.29, 1.82) is 0 Å². The molecule has 28 heteroatoms. The number of alkyl halides is 9. The Hall–Kier alpha value is -11.0. The molecule has 6 heterocycles. The minimum Gasteiger partial charge on any atom is -0.423 e. The SMILES string of the molecule is O=C(Nc1ccc(C(F)(F)F)cc1)Nc1c[nH]c2ccc(-c3ccccc3)nc12.O=C(Nc1ccc(C(F)(F)F)cc1)Nc1c[nH]c2ccc(-c3ccccc3)nc12.O=C(Nc1ccc(C(F)(F)F)cc1)Nc1c[nH]c2ccc(Br)nc12.OB(O)c1ccccc1. The summed E-state index contributed by atoms with van der Waals surface area (Å²) in [6.07, 6.45) is -8.46. The van der Waals surface area contributed by atoms with Crippen LogP contribution >= 0.6 is 15.9 Å². The fraction of sp³-hybridized carbons (Fsp3) is 0.0476. The van der Waals surface area contributed by atoms with E-state index in [2.05, 4.69) is 77.7 Å². The summed E-state index contributed by atoms with van der Waals surface area (Å²) in [4.78, 5) is 59.0. The first kappa shape index (κ1) is 64.5. The molecule has 0 saturated heterocycles. The van der Waals surface area contributed by atoms with Gasteiger partial charge in [-0.2, -0.15) is 39.5 Å². The predicted molar refractivity (Wildman–Crippen MR) is 335 cm³/mol. The number of amides is 6. The molecule has 11 N–H and O–H groups in total. The number of carbonyl (C=O) groups is 3. The fourth-order valence-electron chi connectivity index (χ4n) is 8.51. The highest BCUT2D eigenvalue weighted by atomic mass is 79.9. The molecule has 17 nitrogen and oxygen atoms in total. The Bertz CT molecular complexity index is 4240. The number of H-pyrrole nitrogens is 3. The molecule has 6 amide bonds. The molecule has 0 aliphatic carbocycles. The second-order valence-electron chi connectivity index (χ2n) is 19.3. The number of benzene rings is 6. The molecule has 0 unspecified atom stereocenters. The molecule has 0 aliphatic rings. The maximum atomic E-state index is 12.6. The van der Waals surface area contributed by atoms with Crippen LogP contribution in [-0.4, -0.2) is 65.2 Å². The lowest BCUT2D eigenvalue weighted by molar-refractivity contribution is -0.138. The van der Waals surface area contributed by atoms with Gasteiger partial charge < -0.3 is 56.9 Å². The van der Waals surface area contributed by atoms with Crippen LogP contribution in [0.2, 0.25) is 0 Å². The molecular weight excluding hydrogens is 1270 g/mol. The van der Waals surface area contributed by atoms with Crippen LogP contribution in [0.3, 0.4) is 0 Å². The molecule has 0 radical (unpaired) electrons. The molecule has 6 aromatic carbocycles. The molecule has 0 aliphatic heterocycles. The Balaban J connectivity index is 0.000000151. The zero-order valence-electron chi connectivity index (χ0n) is 46.6. The Kier molecular flexibility index (Phi) is 20.2. The molecule has 0 saturated carbocycles. The zero-order chi connectivity index (χ0) is 64.9. The van der Waals surface area contributed by atoms with Gasteiger partial charge in [0.25, 0.3) is 0 Å². The number of urea groups is 3. The van der Waals surface area contributed by atoms with Crippen LogP contribution in [0.4, 0.5) is 88.0 Å². The fourth-order valence-corrected chi connectivity index (χ4v) is 8.82. The van der Waals surface area contributed by atoms with Crippen molar-refractivity contribution in [2.24, 2.45) is 0 Å². The number of pyridine rings is 3. The summed E-state index contributed by atoms with van der Waals surface area (Å²) in [5.74, 6) is 0. The lowest BCUT2D eigenvalue weighted by Gasteiger charge is -2.09. The van der Waals surface area contributed by atoms with Crippen LogP contribution in [0.5, 0.6) is 0 Å². The first-order chi connectivity index (χ1) is 43.4. The topological polar surface area (TPSA) is 250 Å². The minimum absolute atomic E-state index is 0.244. The van der Waals surface area contributed by atoms with Crippen molar-refractivity contribution >= 4 is 114 Å². The van der Waals surface area contributed by atoms with Crippen LogP contribution in [0.25, 0.3) is 55.6 Å². The smallest absolute Gasteiger partial charge is 0.423 e. The van der Waals surface area contributed by atoms with Crippen molar-refractivity contribution in [3.05, 3.63) is 240 Å². The largest absolute Gasteiger partial charge is 0.488 e. The van der Waals surface area contributed by atoms with E-state index in [1.54, 1.807) is 55.0 Å². The Morgan fingerprint density at radius 3 is 0.967 bits per heavy atom. The predicted octanol–water partition coefficient (Wildman–Crippen LogP) is 16.1. The number of fused-ring (bicyclic) bond motifs is 3. The van der Waals surface area contributed by atoms with Gasteiger partial charge in [-0.3, -0.25) is 0 Å². The van der Waals surface area contributed by atoms with Crippen molar-refractivity contribution in [3.8, 4) is 22.5 Å². The number of aromatic amines is 3. The van der Waals surface area contributed by atoms with Gasteiger partial charge in [-0.05, 0) is 131 Å². The lowest BCUT2D eigenvalue weighted by Crippen LogP contribution is -2.29. The van der Waals surface area contributed by atoms with Crippen LogP contribution in [0.1, 0.15) is 16.7 Å². The summed E-state index contributed by atoms with van der Waals surface area (Å²) < 4.78 is 114. The van der Waals surface area contributed by atoms with Gasteiger partial charge in [-0.1, -0.05) is 91.0 Å². The third-order valence-electron chi connectivity index (χ3n) is 12.9. The van der Waals surface area contributed by atoms with E-state index in [0.29, 0.717) is 43.7 Å². The molecule has 12 rings (SSSR count). The van der Waals surface area contributed by atoms with E-state index in [-0.39, 0.29) is 17.1 Å². The first-order valence-electron chi connectivity index (χ1n) is 26.8. The van der Waals surface area contributed by atoms with E-state index < -0.39 is 60.4 Å². The molecule has 0 spiro atoms. The van der Waals surface area contributed by atoms with Crippen molar-refractivity contribution in [2.75, 3.05) is 31.9 Å². The number of hydrogen-bond acceptors (Lipinski definition) is 8. The standard InChI is InChI=1S/2C21H15F3N4O.C15H10BrF3N4O.C6H7BO2/c2*22-21(23,24)14-6-8-15(9-7-14)26-20(29)28-18-12-25-17-11-10-16(27-19(17)18)13-4-2-1-3-5-13;16-12-6-5-10-13(23-12)11(7-20-10)22-14(24)21-9-3-1-8(2-4-9)15(17,18)19;8-7(9)6-4-2-1-3-5-6/h2*1-12,25H,(H2,26,28,29);1-7,20H,(H2,21,22,24);1-5,8-9H. The van der Waals surface area contributed by atoms with Crippen molar-refractivity contribution in [3.63, 3.8) is 0 Å². The van der Waals surface area contributed by atoms with Crippen molar-refractivity contribution < 1.29 is 63.9 Å². The number of carbonyl (C=O) groups excluding carboxylic acids is 3. The summed E-state index contributed by atoms with van der Waals surface area (Å²) in [6, 6.07) is 49.8. The summed E-state index contributed by atoms with van der Waals surface area (Å²) in [5, 5.41) is 32.6. The minimum atomic E-state index is -4.42. The van der Waals surface area contributed by atoms with E-state index in [4.69, 9.17) is 10.0 Å². The van der Waals surface area contributed by atoms with Gasteiger partial charge in [0, 0.05) is 46.8 Å². The number of aromatic nitrogens is 6. The Labute approximate surface area is 518 Å². The molecule has 91 heavy (non-hydrogen) atoms. The highest BCUT2D eigenvalue weighted by molar-refractivity contribution is 9.10. The van der Waals surface area contributed by atoms with Gasteiger partial charge in [-0.15, -0.1) is 0 Å². The normalized spacial score (nSPS) is 11.2. The van der Waals surface area contributed by atoms with E-state index in [1.807, 2.05) is 91.0 Å². The van der Waals surface area contributed by atoms with Gasteiger partial charge in [0.1, 0.15) is 21.2 Å².